The summed E-state index contributed by atoms with van der Waals surface area (Å²) in [5, 5.41) is 3.98. The van der Waals surface area contributed by atoms with Gasteiger partial charge in [0, 0.05) is 11.9 Å². The summed E-state index contributed by atoms with van der Waals surface area (Å²) in [7, 11) is 0. The van der Waals surface area contributed by atoms with Gasteiger partial charge in [-0.15, -0.1) is 0 Å². The molecule has 1 heterocycles. The van der Waals surface area contributed by atoms with E-state index in [-0.39, 0.29) is 5.78 Å². The SMILES string of the molecule is CC(=O)/C=C\NCCc1c(/C=C/C=O)n(C(=O)OC(C)(C)C)c2ccccc12. The van der Waals surface area contributed by atoms with Gasteiger partial charge >= 0.3 is 6.09 Å². The molecule has 1 aromatic carbocycles. The molecule has 148 valence electrons. The summed E-state index contributed by atoms with van der Waals surface area (Å²) < 4.78 is 7.07. The van der Waals surface area contributed by atoms with Crippen molar-refractivity contribution in [1.29, 1.82) is 0 Å². The first-order valence-electron chi connectivity index (χ1n) is 9.12. The maximum absolute atomic E-state index is 12.9. The van der Waals surface area contributed by atoms with Crippen molar-refractivity contribution >= 4 is 35.1 Å². The maximum atomic E-state index is 12.9. The number of hydrogen-bond acceptors (Lipinski definition) is 5. The maximum Gasteiger partial charge on any atom is 0.419 e. The van der Waals surface area contributed by atoms with Gasteiger partial charge in [0.05, 0.1) is 11.2 Å². The Kier molecular flexibility index (Phi) is 6.93. The van der Waals surface area contributed by atoms with Crippen LogP contribution < -0.4 is 5.32 Å². The van der Waals surface area contributed by atoms with Crippen molar-refractivity contribution in [2.24, 2.45) is 0 Å². The lowest BCUT2D eigenvalue weighted by molar-refractivity contribution is -0.112. The van der Waals surface area contributed by atoms with E-state index in [9.17, 15) is 14.4 Å². The van der Waals surface area contributed by atoms with Crippen LogP contribution in [0.5, 0.6) is 0 Å². The number of fused-ring (bicyclic) bond motifs is 1. The van der Waals surface area contributed by atoms with Crippen molar-refractivity contribution in [3.63, 3.8) is 0 Å². The zero-order valence-corrected chi connectivity index (χ0v) is 16.7. The van der Waals surface area contributed by atoms with E-state index >= 15 is 0 Å². The highest BCUT2D eigenvalue weighted by Gasteiger charge is 2.24. The Labute approximate surface area is 164 Å². The van der Waals surface area contributed by atoms with Gasteiger partial charge in [-0.05, 0) is 70.2 Å². The number of aromatic nitrogens is 1. The molecule has 1 aromatic heterocycles. The van der Waals surface area contributed by atoms with Crippen LogP contribution in [0.15, 0.2) is 42.6 Å². The molecule has 0 unspecified atom stereocenters. The minimum Gasteiger partial charge on any atom is -0.443 e. The number of nitrogens with zero attached hydrogens (tertiary/aromatic N) is 1. The fourth-order valence-electron chi connectivity index (χ4n) is 2.86. The molecule has 0 atom stereocenters. The van der Waals surface area contributed by atoms with Crippen LogP contribution in [-0.4, -0.2) is 34.9 Å². The lowest BCUT2D eigenvalue weighted by Crippen LogP contribution is -2.27. The molecule has 0 saturated heterocycles. The Hall–Kier alpha value is -3.15. The molecule has 6 heteroatoms. The zero-order valence-electron chi connectivity index (χ0n) is 16.7. The van der Waals surface area contributed by atoms with Crippen LogP contribution in [0.3, 0.4) is 0 Å². The molecule has 0 aliphatic rings. The first-order valence-corrected chi connectivity index (χ1v) is 9.12. The largest absolute Gasteiger partial charge is 0.443 e. The summed E-state index contributed by atoms with van der Waals surface area (Å²) in [5.74, 6) is -0.0383. The molecule has 2 rings (SSSR count). The Morgan fingerprint density at radius 3 is 2.57 bits per heavy atom. The molecule has 0 aliphatic carbocycles. The zero-order chi connectivity index (χ0) is 20.7. The van der Waals surface area contributed by atoms with Crippen LogP contribution in [0.2, 0.25) is 0 Å². The molecule has 6 nitrogen and oxygen atoms in total. The molecule has 0 saturated carbocycles. The topological polar surface area (TPSA) is 77.4 Å². The van der Waals surface area contributed by atoms with Gasteiger partial charge < -0.3 is 10.1 Å². The average molecular weight is 382 g/mol. The molecule has 28 heavy (non-hydrogen) atoms. The number of para-hydroxylation sites is 1. The number of nitrogens with one attached hydrogen (secondary N) is 1. The summed E-state index contributed by atoms with van der Waals surface area (Å²) in [6.07, 6.45) is 6.82. The van der Waals surface area contributed by atoms with E-state index in [1.807, 2.05) is 45.0 Å². The van der Waals surface area contributed by atoms with Gasteiger partial charge in [0.25, 0.3) is 0 Å². The normalized spacial score (nSPS) is 12.0. The molecule has 0 amide bonds. The predicted octanol–water partition coefficient (Wildman–Crippen LogP) is 3.87. The van der Waals surface area contributed by atoms with Gasteiger partial charge in [-0.25, -0.2) is 9.36 Å². The van der Waals surface area contributed by atoms with Crippen LogP contribution in [0.25, 0.3) is 17.0 Å². The van der Waals surface area contributed by atoms with Crippen LogP contribution in [0, 0.1) is 0 Å². The number of hydrogen-bond donors (Lipinski definition) is 1. The minimum atomic E-state index is -0.646. The van der Waals surface area contributed by atoms with E-state index in [0.717, 1.165) is 16.5 Å². The van der Waals surface area contributed by atoms with E-state index in [1.54, 1.807) is 12.3 Å². The van der Waals surface area contributed by atoms with E-state index < -0.39 is 11.7 Å². The number of ether oxygens (including phenoxy) is 1. The molecule has 0 radical (unpaired) electrons. The minimum absolute atomic E-state index is 0.0383. The van der Waals surface area contributed by atoms with Gasteiger partial charge in [-0.2, -0.15) is 0 Å². The lowest BCUT2D eigenvalue weighted by atomic mass is 10.1. The summed E-state index contributed by atoms with van der Waals surface area (Å²) in [6.45, 7) is 7.47. The third-order valence-corrected chi connectivity index (χ3v) is 3.88. The highest BCUT2D eigenvalue weighted by Crippen LogP contribution is 2.29. The highest BCUT2D eigenvalue weighted by molar-refractivity contribution is 5.97. The number of ketones is 1. The third-order valence-electron chi connectivity index (χ3n) is 3.88. The second kappa shape index (κ2) is 9.17. The van der Waals surface area contributed by atoms with E-state index in [0.29, 0.717) is 24.9 Å². The fraction of sp³-hybridized carbons (Fsp3) is 0.318. The average Bonchev–Trinajstić information content (AvgIpc) is 2.91. The first-order chi connectivity index (χ1) is 13.2. The highest BCUT2D eigenvalue weighted by atomic mass is 16.6. The number of carbonyl (C=O) groups is 3. The quantitative estimate of drug-likeness (QED) is 0.447. The van der Waals surface area contributed by atoms with E-state index in [4.69, 9.17) is 4.74 Å². The van der Waals surface area contributed by atoms with Gasteiger partial charge in [0.1, 0.15) is 11.9 Å². The Morgan fingerprint density at radius 1 is 1.21 bits per heavy atom. The number of allylic oxidation sites excluding steroid dienone is 2. The van der Waals surface area contributed by atoms with Crippen molar-refractivity contribution in [1.82, 2.24) is 9.88 Å². The van der Waals surface area contributed by atoms with Crippen molar-refractivity contribution < 1.29 is 19.1 Å². The Balaban J connectivity index is 2.49. The van der Waals surface area contributed by atoms with Gasteiger partial charge in [-0.1, -0.05) is 18.2 Å². The summed E-state index contributed by atoms with van der Waals surface area (Å²) in [4.78, 5) is 34.8. The molecule has 0 spiro atoms. The van der Waals surface area contributed by atoms with E-state index in [1.165, 1.54) is 23.6 Å². The number of aldehydes is 1. The smallest absolute Gasteiger partial charge is 0.419 e. The summed E-state index contributed by atoms with van der Waals surface area (Å²) in [6, 6.07) is 7.55. The fourth-order valence-corrected chi connectivity index (χ4v) is 2.86. The van der Waals surface area contributed by atoms with Crippen LogP contribution in [0.4, 0.5) is 4.79 Å². The second-order valence-corrected chi connectivity index (χ2v) is 7.34. The van der Waals surface area contributed by atoms with E-state index in [2.05, 4.69) is 5.32 Å². The molecule has 2 aromatic rings. The van der Waals surface area contributed by atoms with Gasteiger partial charge in [0.15, 0.2) is 5.78 Å². The molecule has 0 bridgehead atoms. The molecule has 1 N–H and O–H groups in total. The first kappa shape index (κ1) is 21.2. The van der Waals surface area contributed by atoms with Crippen LogP contribution in [0.1, 0.15) is 39.0 Å². The predicted molar refractivity (Wildman–Crippen MR) is 110 cm³/mol. The molecular weight excluding hydrogens is 356 g/mol. The summed E-state index contributed by atoms with van der Waals surface area (Å²) >= 11 is 0. The van der Waals surface area contributed by atoms with Crippen molar-refractivity contribution in [3.05, 3.63) is 53.9 Å². The number of carbonyl (C=O) groups excluding carboxylic acids is 3. The molecule has 0 aliphatic heterocycles. The van der Waals surface area contributed by atoms with Crippen LogP contribution in [-0.2, 0) is 20.7 Å². The van der Waals surface area contributed by atoms with Crippen molar-refractivity contribution in [3.8, 4) is 0 Å². The molecule has 0 fully saturated rings. The van der Waals surface area contributed by atoms with Crippen molar-refractivity contribution in [2.75, 3.05) is 6.54 Å². The number of benzene rings is 1. The Morgan fingerprint density at radius 2 is 1.93 bits per heavy atom. The number of rotatable bonds is 7. The standard InChI is InChI=1S/C22H26N2O4/c1-16(26)11-13-23-14-12-18-17-8-5-6-9-19(17)24(20(18)10-7-15-25)21(27)28-22(2,3)4/h5-11,13,15,23H,12,14H2,1-4H3/b10-7+,13-11-. The summed E-state index contributed by atoms with van der Waals surface area (Å²) in [5.41, 5.74) is 1.60. The van der Waals surface area contributed by atoms with Crippen molar-refractivity contribution in [2.45, 2.75) is 39.7 Å². The van der Waals surface area contributed by atoms with Gasteiger partial charge in [0.2, 0.25) is 0 Å². The van der Waals surface area contributed by atoms with Crippen LogP contribution >= 0.6 is 0 Å². The molecular formula is C22H26N2O4. The second-order valence-electron chi connectivity index (χ2n) is 7.34. The Bertz CT molecular complexity index is 930. The monoisotopic (exact) mass is 382 g/mol. The third kappa shape index (κ3) is 5.42. The van der Waals surface area contributed by atoms with Gasteiger partial charge in [-0.3, -0.25) is 9.59 Å². The lowest BCUT2D eigenvalue weighted by Gasteiger charge is -2.20.